The first-order chi connectivity index (χ1) is 12.4. The average molecular weight is 355 g/mol. The Hall–Kier alpha value is -2.66. The molecule has 0 amide bonds. The minimum Gasteiger partial charge on any atom is -0.508 e. The molecule has 2 N–H and O–H groups in total. The summed E-state index contributed by atoms with van der Waals surface area (Å²) in [7, 11) is 0. The van der Waals surface area contributed by atoms with E-state index < -0.39 is 5.63 Å². The van der Waals surface area contributed by atoms with Crippen molar-refractivity contribution >= 4 is 11.0 Å². The van der Waals surface area contributed by atoms with Crippen molar-refractivity contribution in [2.24, 2.45) is 5.92 Å². The quantitative estimate of drug-likeness (QED) is 0.665. The molecule has 0 aliphatic heterocycles. The van der Waals surface area contributed by atoms with Gasteiger partial charge in [-0.3, -0.25) is 0 Å². The topological polar surface area (TPSA) is 62.5 Å². The summed E-state index contributed by atoms with van der Waals surface area (Å²) in [6, 6.07) is 11.3. The monoisotopic (exact) mass is 355 g/mol. The van der Waals surface area contributed by atoms with Crippen LogP contribution in [-0.4, -0.2) is 5.11 Å². The fourth-order valence-corrected chi connectivity index (χ4v) is 3.19. The van der Waals surface area contributed by atoms with Crippen LogP contribution in [0.15, 0.2) is 51.7 Å². The second-order valence-corrected chi connectivity index (χ2v) is 6.83. The van der Waals surface area contributed by atoms with E-state index in [1.165, 1.54) is 18.2 Å². The Labute approximate surface area is 151 Å². The Bertz CT molecular complexity index is 977. The van der Waals surface area contributed by atoms with Crippen LogP contribution in [0.4, 0.5) is 4.39 Å². The molecule has 0 aliphatic rings. The highest BCUT2D eigenvalue weighted by molar-refractivity contribution is 5.84. The van der Waals surface area contributed by atoms with Gasteiger partial charge in [-0.15, -0.1) is 0 Å². The first kappa shape index (κ1) is 18.1. The van der Waals surface area contributed by atoms with Crippen LogP contribution in [0.1, 0.15) is 36.6 Å². The Kier molecular flexibility index (Phi) is 5.09. The van der Waals surface area contributed by atoms with Crippen molar-refractivity contribution in [3.63, 3.8) is 0 Å². The molecule has 1 aromatic heterocycles. The highest BCUT2D eigenvalue weighted by Gasteiger charge is 2.17. The zero-order chi connectivity index (χ0) is 18.8. The van der Waals surface area contributed by atoms with Crippen molar-refractivity contribution < 1.29 is 13.9 Å². The average Bonchev–Trinajstić information content (AvgIpc) is 2.60. The molecule has 0 fully saturated rings. The molecule has 1 heterocycles. The highest BCUT2D eigenvalue weighted by Crippen LogP contribution is 2.28. The fraction of sp³-hybridized carbons (Fsp3) is 0.286. The van der Waals surface area contributed by atoms with Gasteiger partial charge >= 0.3 is 5.63 Å². The van der Waals surface area contributed by atoms with E-state index in [0.717, 1.165) is 16.5 Å². The normalized spacial score (nSPS) is 12.7. The third-order valence-corrected chi connectivity index (χ3v) is 4.63. The van der Waals surface area contributed by atoms with Crippen LogP contribution in [0.25, 0.3) is 11.0 Å². The summed E-state index contributed by atoms with van der Waals surface area (Å²) in [4.78, 5) is 11.9. The SMILES string of the molecule is Cc1c(O)ccc2c(CN[C@H](c3ccc(F)cc3)C(C)C)cc(=O)oc12. The molecule has 0 unspecified atom stereocenters. The minimum atomic E-state index is -0.453. The van der Waals surface area contributed by atoms with E-state index >= 15 is 0 Å². The summed E-state index contributed by atoms with van der Waals surface area (Å²) in [5.74, 6) is 0.105. The van der Waals surface area contributed by atoms with Gasteiger partial charge < -0.3 is 14.8 Å². The van der Waals surface area contributed by atoms with Gasteiger partial charge in [-0.2, -0.15) is 0 Å². The molecule has 26 heavy (non-hydrogen) atoms. The van der Waals surface area contributed by atoms with E-state index in [-0.39, 0.29) is 23.5 Å². The number of rotatable bonds is 5. The van der Waals surface area contributed by atoms with Crippen LogP contribution in [-0.2, 0) is 6.54 Å². The fourth-order valence-electron chi connectivity index (χ4n) is 3.19. The lowest BCUT2D eigenvalue weighted by Crippen LogP contribution is -2.26. The van der Waals surface area contributed by atoms with Gasteiger partial charge in [0, 0.05) is 29.6 Å². The van der Waals surface area contributed by atoms with Gasteiger partial charge in [0.05, 0.1) is 0 Å². The molecular weight excluding hydrogens is 333 g/mol. The van der Waals surface area contributed by atoms with Crippen LogP contribution in [0.5, 0.6) is 5.75 Å². The number of benzene rings is 2. The molecule has 1 atom stereocenters. The number of aromatic hydroxyl groups is 1. The van der Waals surface area contributed by atoms with Crippen molar-refractivity contribution in [3.05, 3.63) is 75.4 Å². The van der Waals surface area contributed by atoms with E-state index in [1.54, 1.807) is 31.2 Å². The van der Waals surface area contributed by atoms with Crippen molar-refractivity contribution in [1.82, 2.24) is 5.32 Å². The maximum absolute atomic E-state index is 13.2. The van der Waals surface area contributed by atoms with Crippen molar-refractivity contribution in [3.8, 4) is 5.75 Å². The third kappa shape index (κ3) is 3.63. The summed E-state index contributed by atoms with van der Waals surface area (Å²) in [6.07, 6.45) is 0. The zero-order valence-corrected chi connectivity index (χ0v) is 15.0. The smallest absolute Gasteiger partial charge is 0.336 e. The van der Waals surface area contributed by atoms with E-state index in [9.17, 15) is 14.3 Å². The predicted octanol–water partition coefficient (Wildman–Crippen LogP) is 4.43. The van der Waals surface area contributed by atoms with Crippen molar-refractivity contribution in [2.45, 2.75) is 33.4 Å². The molecule has 3 rings (SSSR count). The van der Waals surface area contributed by atoms with Crippen molar-refractivity contribution in [1.29, 1.82) is 0 Å². The van der Waals surface area contributed by atoms with Gasteiger partial charge in [-0.1, -0.05) is 26.0 Å². The second kappa shape index (κ2) is 7.30. The molecule has 4 nitrogen and oxygen atoms in total. The minimum absolute atomic E-state index is 0.0103. The standard InChI is InChI=1S/C21H22FNO3/c1-12(2)20(14-4-6-16(22)7-5-14)23-11-15-10-19(25)26-21-13(3)18(24)9-8-17(15)21/h4-10,12,20,23-24H,11H2,1-3H3/t20-/m0/s1. The Morgan fingerprint density at radius 1 is 1.15 bits per heavy atom. The highest BCUT2D eigenvalue weighted by atomic mass is 19.1. The summed E-state index contributed by atoms with van der Waals surface area (Å²) >= 11 is 0. The molecule has 0 radical (unpaired) electrons. The lowest BCUT2D eigenvalue weighted by atomic mass is 9.95. The lowest BCUT2D eigenvalue weighted by molar-refractivity contribution is 0.410. The number of phenolic OH excluding ortho intramolecular Hbond substituents is 1. The molecule has 0 aliphatic carbocycles. The number of aryl methyl sites for hydroxylation is 1. The van der Waals surface area contributed by atoms with Gasteiger partial charge in [0.15, 0.2) is 0 Å². The molecule has 2 aromatic carbocycles. The number of hydrogen-bond acceptors (Lipinski definition) is 4. The molecular formula is C21H22FNO3. The molecule has 0 spiro atoms. The lowest BCUT2D eigenvalue weighted by Gasteiger charge is -2.23. The number of halogens is 1. The maximum atomic E-state index is 13.2. The predicted molar refractivity (Wildman–Crippen MR) is 99.7 cm³/mol. The summed E-state index contributed by atoms with van der Waals surface area (Å²) < 4.78 is 18.5. The van der Waals surface area contributed by atoms with Crippen molar-refractivity contribution in [2.75, 3.05) is 0 Å². The number of nitrogens with one attached hydrogen (secondary N) is 1. The molecule has 5 heteroatoms. The molecule has 0 bridgehead atoms. The summed E-state index contributed by atoms with van der Waals surface area (Å²) in [5, 5.41) is 14.1. The summed E-state index contributed by atoms with van der Waals surface area (Å²) in [5.41, 5.74) is 2.28. The maximum Gasteiger partial charge on any atom is 0.336 e. The van der Waals surface area contributed by atoms with Crippen LogP contribution in [0.3, 0.4) is 0 Å². The van der Waals surface area contributed by atoms with Gasteiger partial charge in [0.1, 0.15) is 17.1 Å². The van der Waals surface area contributed by atoms with Crippen LogP contribution in [0.2, 0.25) is 0 Å². The first-order valence-corrected chi connectivity index (χ1v) is 8.61. The van der Waals surface area contributed by atoms with E-state index in [1.807, 2.05) is 0 Å². The van der Waals surface area contributed by atoms with Crippen LogP contribution >= 0.6 is 0 Å². The summed E-state index contributed by atoms with van der Waals surface area (Å²) in [6.45, 7) is 6.33. The van der Waals surface area contributed by atoms with E-state index in [4.69, 9.17) is 4.42 Å². The van der Waals surface area contributed by atoms with Gasteiger partial charge in [0.25, 0.3) is 0 Å². The zero-order valence-electron chi connectivity index (χ0n) is 15.0. The van der Waals surface area contributed by atoms with Gasteiger partial charge in [-0.05, 0) is 48.2 Å². The third-order valence-electron chi connectivity index (χ3n) is 4.63. The number of phenols is 1. The van der Waals surface area contributed by atoms with Crippen LogP contribution in [0, 0.1) is 18.7 Å². The second-order valence-electron chi connectivity index (χ2n) is 6.83. The molecule has 3 aromatic rings. The van der Waals surface area contributed by atoms with Gasteiger partial charge in [0.2, 0.25) is 0 Å². The molecule has 0 saturated carbocycles. The van der Waals surface area contributed by atoms with E-state index in [2.05, 4.69) is 19.2 Å². The number of fused-ring (bicyclic) bond motifs is 1. The first-order valence-electron chi connectivity index (χ1n) is 8.61. The largest absolute Gasteiger partial charge is 0.508 e. The molecule has 0 saturated heterocycles. The number of hydrogen-bond donors (Lipinski definition) is 2. The van der Waals surface area contributed by atoms with E-state index in [0.29, 0.717) is 17.7 Å². The van der Waals surface area contributed by atoms with Gasteiger partial charge in [-0.25, -0.2) is 9.18 Å². The van der Waals surface area contributed by atoms with Crippen LogP contribution < -0.4 is 10.9 Å². The Morgan fingerprint density at radius 2 is 1.85 bits per heavy atom. The molecule has 136 valence electrons. The Morgan fingerprint density at radius 3 is 2.50 bits per heavy atom. The Balaban J connectivity index is 1.94.